The zero-order valence-corrected chi connectivity index (χ0v) is 7.95. The van der Waals surface area contributed by atoms with Crippen molar-refractivity contribution in [2.45, 2.75) is 13.3 Å². The topological polar surface area (TPSA) is 69.6 Å². The van der Waals surface area contributed by atoms with Crippen LogP contribution in [0.25, 0.3) is 0 Å². The van der Waals surface area contributed by atoms with Crippen molar-refractivity contribution in [1.82, 2.24) is 5.32 Å². The van der Waals surface area contributed by atoms with Crippen LogP contribution in [0.3, 0.4) is 0 Å². The number of carboxylic acid groups (broad SMARTS) is 1. The first-order chi connectivity index (χ1) is 6.61. The van der Waals surface area contributed by atoms with Crippen LogP contribution in [0.15, 0.2) is 18.2 Å². The van der Waals surface area contributed by atoms with Gasteiger partial charge in [0.2, 0.25) is 0 Å². The molecule has 0 fully saturated rings. The number of para-hydroxylation sites is 1. The number of hydrogen-bond donors (Lipinski definition) is 3. The maximum atomic E-state index is 10.2. The lowest BCUT2D eigenvalue weighted by atomic mass is 10.1. The summed E-state index contributed by atoms with van der Waals surface area (Å²) in [7, 11) is 0. The molecule has 3 N–H and O–H groups in total. The van der Waals surface area contributed by atoms with E-state index in [1.54, 1.807) is 6.07 Å². The second kappa shape index (κ2) is 4.50. The summed E-state index contributed by atoms with van der Waals surface area (Å²) in [4.78, 5) is 10.2. The minimum Gasteiger partial charge on any atom is -0.507 e. The van der Waals surface area contributed by atoms with Gasteiger partial charge < -0.3 is 15.5 Å². The summed E-state index contributed by atoms with van der Waals surface area (Å²) in [5.41, 5.74) is 1.57. The van der Waals surface area contributed by atoms with Crippen molar-refractivity contribution >= 4 is 6.09 Å². The van der Waals surface area contributed by atoms with E-state index in [1.807, 2.05) is 19.1 Å². The Morgan fingerprint density at radius 3 is 2.86 bits per heavy atom. The average molecular weight is 195 g/mol. The molecule has 0 aliphatic carbocycles. The number of hydrogen-bond acceptors (Lipinski definition) is 2. The van der Waals surface area contributed by atoms with Crippen LogP contribution < -0.4 is 5.32 Å². The lowest BCUT2D eigenvalue weighted by molar-refractivity contribution is 0.194. The molecule has 0 atom stereocenters. The molecule has 0 unspecified atom stereocenters. The van der Waals surface area contributed by atoms with Crippen LogP contribution in [0.5, 0.6) is 5.75 Å². The zero-order chi connectivity index (χ0) is 10.6. The molecule has 1 rings (SSSR count). The van der Waals surface area contributed by atoms with Crippen LogP contribution in [-0.4, -0.2) is 22.9 Å². The molecular weight excluding hydrogens is 182 g/mol. The number of phenolic OH excluding ortho intramolecular Hbond substituents is 1. The quantitative estimate of drug-likeness (QED) is 0.684. The second-order valence-corrected chi connectivity index (χ2v) is 3.06. The van der Waals surface area contributed by atoms with Gasteiger partial charge in [-0.05, 0) is 24.5 Å². The number of carbonyl (C=O) groups is 1. The Bertz CT molecular complexity index is 336. The highest BCUT2D eigenvalue weighted by Crippen LogP contribution is 2.21. The maximum Gasteiger partial charge on any atom is 0.404 e. The number of aromatic hydroxyl groups is 1. The van der Waals surface area contributed by atoms with Gasteiger partial charge in [0.05, 0.1) is 0 Å². The van der Waals surface area contributed by atoms with Crippen molar-refractivity contribution in [2.75, 3.05) is 6.54 Å². The highest BCUT2D eigenvalue weighted by Gasteiger charge is 2.03. The van der Waals surface area contributed by atoms with Gasteiger partial charge in [0, 0.05) is 6.54 Å². The molecule has 76 valence electrons. The monoisotopic (exact) mass is 195 g/mol. The third kappa shape index (κ3) is 2.65. The summed E-state index contributed by atoms with van der Waals surface area (Å²) in [6, 6.07) is 5.43. The molecule has 4 nitrogen and oxygen atoms in total. The molecule has 1 amide bonds. The van der Waals surface area contributed by atoms with Crippen LogP contribution in [-0.2, 0) is 6.42 Å². The minimum absolute atomic E-state index is 0.250. The highest BCUT2D eigenvalue weighted by molar-refractivity contribution is 5.64. The van der Waals surface area contributed by atoms with E-state index in [0.717, 1.165) is 11.1 Å². The van der Waals surface area contributed by atoms with Crippen LogP contribution in [0, 0.1) is 6.92 Å². The summed E-state index contributed by atoms with van der Waals surface area (Å²) in [5.74, 6) is 0.250. The van der Waals surface area contributed by atoms with E-state index in [2.05, 4.69) is 5.32 Å². The SMILES string of the molecule is Cc1cccc(CCNC(=O)O)c1O. The van der Waals surface area contributed by atoms with E-state index in [4.69, 9.17) is 5.11 Å². The third-order valence-corrected chi connectivity index (χ3v) is 1.99. The van der Waals surface area contributed by atoms with Gasteiger partial charge in [-0.3, -0.25) is 0 Å². The molecular formula is C10H13NO3. The molecule has 0 aromatic heterocycles. The predicted octanol–water partition coefficient (Wildman–Crippen LogP) is 1.51. The maximum absolute atomic E-state index is 10.2. The lowest BCUT2D eigenvalue weighted by Crippen LogP contribution is -2.23. The van der Waals surface area contributed by atoms with Crippen LogP contribution >= 0.6 is 0 Å². The van der Waals surface area contributed by atoms with Gasteiger partial charge >= 0.3 is 6.09 Å². The van der Waals surface area contributed by atoms with E-state index in [9.17, 15) is 9.90 Å². The molecule has 1 aromatic rings. The first kappa shape index (κ1) is 10.4. The Morgan fingerprint density at radius 2 is 2.21 bits per heavy atom. The number of benzene rings is 1. The fourth-order valence-electron chi connectivity index (χ4n) is 1.23. The van der Waals surface area contributed by atoms with Crippen molar-refractivity contribution in [1.29, 1.82) is 0 Å². The van der Waals surface area contributed by atoms with Crippen molar-refractivity contribution in [3.05, 3.63) is 29.3 Å². The van der Waals surface area contributed by atoms with Crippen LogP contribution in [0.1, 0.15) is 11.1 Å². The summed E-state index contributed by atoms with van der Waals surface area (Å²) < 4.78 is 0. The van der Waals surface area contributed by atoms with Gasteiger partial charge in [-0.25, -0.2) is 4.79 Å². The Hall–Kier alpha value is -1.71. The van der Waals surface area contributed by atoms with Crippen molar-refractivity contribution in [3.63, 3.8) is 0 Å². The lowest BCUT2D eigenvalue weighted by Gasteiger charge is -2.06. The summed E-state index contributed by atoms with van der Waals surface area (Å²) in [6.45, 7) is 2.12. The number of rotatable bonds is 3. The molecule has 14 heavy (non-hydrogen) atoms. The Labute approximate surface area is 82.2 Å². The predicted molar refractivity (Wildman–Crippen MR) is 52.6 cm³/mol. The molecule has 0 radical (unpaired) electrons. The molecule has 0 saturated carbocycles. The number of nitrogens with one attached hydrogen (secondary N) is 1. The molecule has 4 heteroatoms. The van der Waals surface area contributed by atoms with Gasteiger partial charge in [0.25, 0.3) is 0 Å². The average Bonchev–Trinajstić information content (AvgIpc) is 2.12. The zero-order valence-electron chi connectivity index (χ0n) is 7.95. The molecule has 0 saturated heterocycles. The highest BCUT2D eigenvalue weighted by atomic mass is 16.4. The molecule has 0 aliphatic heterocycles. The van der Waals surface area contributed by atoms with Gasteiger partial charge in [-0.15, -0.1) is 0 Å². The first-order valence-electron chi connectivity index (χ1n) is 4.35. The van der Waals surface area contributed by atoms with Crippen LogP contribution in [0.4, 0.5) is 4.79 Å². The minimum atomic E-state index is -1.04. The third-order valence-electron chi connectivity index (χ3n) is 1.99. The fraction of sp³-hybridized carbons (Fsp3) is 0.300. The van der Waals surface area contributed by atoms with E-state index >= 15 is 0 Å². The number of aryl methyl sites for hydroxylation is 1. The smallest absolute Gasteiger partial charge is 0.404 e. The van der Waals surface area contributed by atoms with Crippen molar-refractivity contribution < 1.29 is 15.0 Å². The van der Waals surface area contributed by atoms with E-state index in [1.165, 1.54) is 0 Å². The largest absolute Gasteiger partial charge is 0.507 e. The van der Waals surface area contributed by atoms with E-state index in [0.29, 0.717) is 13.0 Å². The molecule has 0 heterocycles. The number of amides is 1. The summed E-state index contributed by atoms with van der Waals surface area (Å²) in [5, 5.41) is 20.2. The van der Waals surface area contributed by atoms with E-state index < -0.39 is 6.09 Å². The van der Waals surface area contributed by atoms with E-state index in [-0.39, 0.29) is 5.75 Å². The van der Waals surface area contributed by atoms with Gasteiger partial charge in [0.1, 0.15) is 5.75 Å². The normalized spacial score (nSPS) is 9.79. The Morgan fingerprint density at radius 1 is 1.50 bits per heavy atom. The van der Waals surface area contributed by atoms with Crippen LogP contribution in [0.2, 0.25) is 0 Å². The first-order valence-corrected chi connectivity index (χ1v) is 4.35. The molecule has 0 spiro atoms. The van der Waals surface area contributed by atoms with Gasteiger partial charge in [-0.2, -0.15) is 0 Å². The molecule has 1 aromatic carbocycles. The van der Waals surface area contributed by atoms with Crippen molar-refractivity contribution in [2.24, 2.45) is 0 Å². The molecule has 0 bridgehead atoms. The summed E-state index contributed by atoms with van der Waals surface area (Å²) in [6.07, 6.45) is -0.544. The Kier molecular flexibility index (Phi) is 3.34. The number of phenols is 1. The van der Waals surface area contributed by atoms with Gasteiger partial charge in [-0.1, -0.05) is 18.2 Å². The van der Waals surface area contributed by atoms with Crippen molar-refractivity contribution in [3.8, 4) is 5.75 Å². The fourth-order valence-corrected chi connectivity index (χ4v) is 1.23. The Balaban J connectivity index is 2.59. The second-order valence-electron chi connectivity index (χ2n) is 3.06. The standard InChI is InChI=1S/C10H13NO3/c1-7-3-2-4-8(9(7)12)5-6-11-10(13)14/h2-4,11-12H,5-6H2,1H3,(H,13,14). The summed E-state index contributed by atoms with van der Waals surface area (Å²) >= 11 is 0. The van der Waals surface area contributed by atoms with Gasteiger partial charge in [0.15, 0.2) is 0 Å². The molecule has 0 aliphatic rings.